The largest absolute Gasteiger partial charge is 0.486 e. The average molecular weight is 420 g/mol. The van der Waals surface area contributed by atoms with Gasteiger partial charge >= 0.3 is 0 Å². The molecule has 1 N–H and O–H groups in total. The summed E-state index contributed by atoms with van der Waals surface area (Å²) in [5.74, 6) is 1.94. The van der Waals surface area contributed by atoms with Crippen molar-refractivity contribution in [1.82, 2.24) is 0 Å². The SMILES string of the molecule is CCCC(C)(C)Nc1ccc2c(c1-c1c3c(cc4c1OCCO4)CCCC3)CCCC2. The molecule has 0 amide bonds. The van der Waals surface area contributed by atoms with E-state index in [0.29, 0.717) is 13.2 Å². The van der Waals surface area contributed by atoms with Gasteiger partial charge in [0.05, 0.1) is 0 Å². The maximum Gasteiger partial charge on any atom is 0.169 e. The third-order valence-electron chi connectivity index (χ3n) is 7.29. The predicted molar refractivity (Wildman–Crippen MR) is 129 cm³/mol. The number of aryl methyl sites for hydroxylation is 2. The standard InChI is InChI=1S/C28H37NO2/c1-4-15-28(2,3)29-23-14-13-19-9-5-7-11-21(19)25(23)26-22-12-8-6-10-20(22)18-24-27(26)31-17-16-30-24/h13-14,18,29H,4-12,15-17H2,1-3H3. The summed E-state index contributed by atoms with van der Waals surface area (Å²) < 4.78 is 12.5. The maximum atomic E-state index is 6.35. The van der Waals surface area contributed by atoms with Gasteiger partial charge < -0.3 is 14.8 Å². The molecule has 0 fully saturated rings. The van der Waals surface area contributed by atoms with E-state index in [2.05, 4.69) is 44.3 Å². The van der Waals surface area contributed by atoms with Crippen molar-refractivity contribution in [2.75, 3.05) is 18.5 Å². The normalized spacial score (nSPS) is 17.6. The van der Waals surface area contributed by atoms with E-state index >= 15 is 0 Å². The first-order valence-electron chi connectivity index (χ1n) is 12.4. The van der Waals surface area contributed by atoms with Gasteiger partial charge in [-0.15, -0.1) is 0 Å². The van der Waals surface area contributed by atoms with Crippen LogP contribution in [0.4, 0.5) is 5.69 Å². The summed E-state index contributed by atoms with van der Waals surface area (Å²) in [6, 6.07) is 6.99. The molecular weight excluding hydrogens is 382 g/mol. The van der Waals surface area contributed by atoms with Crippen LogP contribution in [0.5, 0.6) is 11.5 Å². The lowest BCUT2D eigenvalue weighted by atomic mass is 9.79. The Labute approximate surface area is 187 Å². The van der Waals surface area contributed by atoms with Gasteiger partial charge in [0, 0.05) is 22.4 Å². The van der Waals surface area contributed by atoms with Crippen molar-refractivity contribution < 1.29 is 9.47 Å². The average Bonchev–Trinajstić information content (AvgIpc) is 2.77. The summed E-state index contributed by atoms with van der Waals surface area (Å²) in [7, 11) is 0. The van der Waals surface area contributed by atoms with Gasteiger partial charge in [-0.1, -0.05) is 19.4 Å². The molecule has 5 rings (SSSR count). The van der Waals surface area contributed by atoms with Gasteiger partial charge in [0.2, 0.25) is 0 Å². The highest BCUT2D eigenvalue weighted by molar-refractivity contribution is 5.90. The summed E-state index contributed by atoms with van der Waals surface area (Å²) >= 11 is 0. The number of ether oxygens (including phenoxy) is 2. The lowest BCUT2D eigenvalue weighted by molar-refractivity contribution is 0.172. The van der Waals surface area contributed by atoms with E-state index < -0.39 is 0 Å². The molecule has 31 heavy (non-hydrogen) atoms. The fourth-order valence-corrected chi connectivity index (χ4v) is 5.94. The zero-order chi connectivity index (χ0) is 21.4. The van der Waals surface area contributed by atoms with Crippen molar-refractivity contribution in [1.29, 1.82) is 0 Å². The summed E-state index contributed by atoms with van der Waals surface area (Å²) in [5, 5.41) is 3.95. The minimum Gasteiger partial charge on any atom is -0.486 e. The topological polar surface area (TPSA) is 30.5 Å². The van der Waals surface area contributed by atoms with Gasteiger partial charge in [0.15, 0.2) is 11.5 Å². The van der Waals surface area contributed by atoms with Crippen LogP contribution in [0.1, 0.15) is 81.5 Å². The second-order valence-electron chi connectivity index (χ2n) is 10.2. The van der Waals surface area contributed by atoms with Crippen LogP contribution in [-0.4, -0.2) is 18.8 Å². The maximum absolute atomic E-state index is 6.35. The molecule has 2 aliphatic carbocycles. The minimum atomic E-state index is 0.0542. The molecule has 0 aromatic heterocycles. The third kappa shape index (κ3) is 3.92. The first-order chi connectivity index (χ1) is 15.1. The number of anilines is 1. The van der Waals surface area contributed by atoms with Crippen molar-refractivity contribution in [2.45, 2.75) is 90.5 Å². The fraction of sp³-hybridized carbons (Fsp3) is 0.571. The van der Waals surface area contributed by atoms with Crippen molar-refractivity contribution >= 4 is 5.69 Å². The molecule has 3 aliphatic rings. The van der Waals surface area contributed by atoms with Gasteiger partial charge in [-0.2, -0.15) is 0 Å². The van der Waals surface area contributed by atoms with E-state index in [0.717, 1.165) is 37.2 Å². The third-order valence-corrected chi connectivity index (χ3v) is 7.29. The molecule has 2 aromatic carbocycles. The van der Waals surface area contributed by atoms with Gasteiger partial charge in [0.1, 0.15) is 13.2 Å². The molecule has 0 bridgehead atoms. The Balaban J connectivity index is 1.76. The molecule has 3 heteroatoms. The van der Waals surface area contributed by atoms with Crippen LogP contribution in [-0.2, 0) is 25.7 Å². The lowest BCUT2D eigenvalue weighted by Gasteiger charge is -2.34. The Hall–Kier alpha value is -2.16. The number of rotatable bonds is 5. The Morgan fingerprint density at radius 3 is 2.29 bits per heavy atom. The zero-order valence-corrected chi connectivity index (χ0v) is 19.5. The van der Waals surface area contributed by atoms with Crippen molar-refractivity contribution in [3.8, 4) is 22.6 Å². The Kier molecular flexibility index (Phi) is 5.62. The molecule has 2 aromatic rings. The van der Waals surface area contributed by atoms with Gasteiger partial charge in [0.25, 0.3) is 0 Å². The van der Waals surface area contributed by atoms with Gasteiger partial charge in [-0.05, 0) is 106 Å². The summed E-state index contributed by atoms with van der Waals surface area (Å²) in [4.78, 5) is 0. The molecule has 0 spiro atoms. The van der Waals surface area contributed by atoms with Crippen molar-refractivity contribution in [3.63, 3.8) is 0 Å². The zero-order valence-electron chi connectivity index (χ0n) is 19.5. The van der Waals surface area contributed by atoms with Gasteiger partial charge in [-0.3, -0.25) is 0 Å². The number of hydrogen-bond acceptors (Lipinski definition) is 3. The Morgan fingerprint density at radius 1 is 0.839 bits per heavy atom. The number of benzene rings is 2. The second-order valence-corrected chi connectivity index (χ2v) is 10.2. The van der Waals surface area contributed by atoms with E-state index in [1.165, 1.54) is 72.0 Å². The predicted octanol–water partition coefficient (Wildman–Crippen LogP) is 6.87. The number of hydrogen-bond donors (Lipinski definition) is 1. The highest BCUT2D eigenvalue weighted by Gasteiger charge is 2.30. The Bertz CT molecular complexity index is 941. The van der Waals surface area contributed by atoms with Crippen LogP contribution in [0.25, 0.3) is 11.1 Å². The number of fused-ring (bicyclic) bond motifs is 3. The Morgan fingerprint density at radius 2 is 1.52 bits per heavy atom. The fourth-order valence-electron chi connectivity index (χ4n) is 5.94. The first kappa shape index (κ1) is 20.7. The van der Waals surface area contributed by atoms with E-state index in [9.17, 15) is 0 Å². The van der Waals surface area contributed by atoms with Crippen LogP contribution in [0.2, 0.25) is 0 Å². The number of nitrogens with one attached hydrogen (secondary N) is 1. The lowest BCUT2D eigenvalue weighted by Crippen LogP contribution is -2.31. The van der Waals surface area contributed by atoms with Crippen LogP contribution >= 0.6 is 0 Å². The molecule has 1 aliphatic heterocycles. The smallest absolute Gasteiger partial charge is 0.169 e. The molecule has 166 valence electrons. The van der Waals surface area contributed by atoms with Crippen LogP contribution in [0, 0.1) is 0 Å². The molecule has 0 saturated heterocycles. The van der Waals surface area contributed by atoms with E-state index in [1.807, 2.05) is 0 Å². The first-order valence-corrected chi connectivity index (χ1v) is 12.4. The second kappa shape index (κ2) is 8.41. The van der Waals surface area contributed by atoms with Crippen LogP contribution < -0.4 is 14.8 Å². The quantitative estimate of drug-likeness (QED) is 0.573. The van der Waals surface area contributed by atoms with E-state index in [-0.39, 0.29) is 5.54 Å². The minimum absolute atomic E-state index is 0.0542. The van der Waals surface area contributed by atoms with Crippen molar-refractivity contribution in [3.05, 3.63) is 40.5 Å². The van der Waals surface area contributed by atoms with Crippen molar-refractivity contribution in [2.24, 2.45) is 0 Å². The molecule has 0 unspecified atom stereocenters. The highest BCUT2D eigenvalue weighted by Crippen LogP contribution is 2.51. The van der Waals surface area contributed by atoms with Gasteiger partial charge in [-0.25, -0.2) is 0 Å². The van der Waals surface area contributed by atoms with Crippen LogP contribution in [0.15, 0.2) is 18.2 Å². The highest BCUT2D eigenvalue weighted by atomic mass is 16.6. The molecule has 3 nitrogen and oxygen atoms in total. The monoisotopic (exact) mass is 419 g/mol. The van der Waals surface area contributed by atoms with E-state index in [4.69, 9.17) is 9.47 Å². The van der Waals surface area contributed by atoms with Crippen LogP contribution in [0.3, 0.4) is 0 Å². The van der Waals surface area contributed by atoms with E-state index in [1.54, 1.807) is 5.56 Å². The summed E-state index contributed by atoms with van der Waals surface area (Å²) in [6.07, 6.45) is 12.1. The summed E-state index contributed by atoms with van der Waals surface area (Å²) in [5.41, 5.74) is 10.1. The molecular formula is C28H37NO2. The molecule has 0 saturated carbocycles. The molecule has 0 atom stereocenters. The molecule has 0 radical (unpaired) electrons. The summed E-state index contributed by atoms with van der Waals surface area (Å²) in [6.45, 7) is 8.21. The molecule has 1 heterocycles.